The maximum absolute atomic E-state index is 11.7. The van der Waals surface area contributed by atoms with Gasteiger partial charge in [0.1, 0.15) is 0 Å². The van der Waals surface area contributed by atoms with Gasteiger partial charge in [0.2, 0.25) is 5.91 Å². The smallest absolute Gasteiger partial charge is 0.221 e. The van der Waals surface area contributed by atoms with E-state index < -0.39 is 0 Å². The second kappa shape index (κ2) is 4.97. The third kappa shape index (κ3) is 3.82. The van der Waals surface area contributed by atoms with Crippen molar-refractivity contribution in [1.29, 1.82) is 0 Å². The van der Waals surface area contributed by atoms with Crippen molar-refractivity contribution < 1.29 is 4.79 Å². The highest BCUT2D eigenvalue weighted by molar-refractivity contribution is 5.77. The lowest BCUT2D eigenvalue weighted by atomic mass is 9.95. The van der Waals surface area contributed by atoms with Crippen molar-refractivity contribution in [2.75, 3.05) is 0 Å². The summed E-state index contributed by atoms with van der Waals surface area (Å²) in [5.74, 6) is 0.714. The second-order valence-corrected chi connectivity index (χ2v) is 5.02. The second-order valence-electron chi connectivity index (χ2n) is 5.02. The van der Waals surface area contributed by atoms with Gasteiger partial charge in [-0.1, -0.05) is 13.8 Å². The van der Waals surface area contributed by atoms with E-state index in [-0.39, 0.29) is 17.5 Å². The molecule has 0 radical (unpaired) electrons. The number of nitrogens with one attached hydrogen (secondary N) is 1. The molecule has 3 N–H and O–H groups in total. The zero-order valence-electron chi connectivity index (χ0n) is 10.2. The van der Waals surface area contributed by atoms with Crippen molar-refractivity contribution in [2.24, 2.45) is 11.7 Å². The van der Waals surface area contributed by atoms with Gasteiger partial charge in [-0.2, -0.15) is 0 Å². The van der Waals surface area contributed by atoms with Crippen LogP contribution in [0.25, 0.3) is 0 Å². The van der Waals surface area contributed by atoms with Gasteiger partial charge in [0.25, 0.3) is 0 Å². The molecule has 0 aromatic carbocycles. The van der Waals surface area contributed by atoms with Gasteiger partial charge in [-0.3, -0.25) is 4.79 Å². The van der Waals surface area contributed by atoms with E-state index in [1.165, 1.54) is 12.8 Å². The Labute approximate surface area is 92.8 Å². The summed E-state index contributed by atoms with van der Waals surface area (Å²) in [4.78, 5) is 11.7. The molecule has 1 rings (SSSR count). The first kappa shape index (κ1) is 12.5. The van der Waals surface area contributed by atoms with Gasteiger partial charge in [-0.05, 0) is 38.5 Å². The molecule has 88 valence electrons. The van der Waals surface area contributed by atoms with E-state index in [0.717, 1.165) is 12.8 Å². The molecule has 1 saturated carbocycles. The van der Waals surface area contributed by atoms with Crippen LogP contribution >= 0.6 is 0 Å². The van der Waals surface area contributed by atoms with E-state index in [4.69, 9.17) is 5.73 Å². The van der Waals surface area contributed by atoms with Crippen LogP contribution in [-0.4, -0.2) is 17.5 Å². The fraction of sp³-hybridized carbons (Fsp3) is 0.917. The number of hydrogen-bond donors (Lipinski definition) is 2. The molecule has 3 nitrogen and oxygen atoms in total. The topological polar surface area (TPSA) is 55.1 Å². The van der Waals surface area contributed by atoms with Gasteiger partial charge in [0, 0.05) is 18.0 Å². The van der Waals surface area contributed by atoms with Crippen molar-refractivity contribution in [1.82, 2.24) is 5.32 Å². The maximum atomic E-state index is 11.7. The number of nitrogens with two attached hydrogens (primary N) is 1. The Hall–Kier alpha value is -0.570. The highest BCUT2D eigenvalue weighted by Gasteiger charge is 2.31. The molecule has 1 amide bonds. The summed E-state index contributed by atoms with van der Waals surface area (Å²) in [6.07, 6.45) is 4.82. The van der Waals surface area contributed by atoms with E-state index >= 15 is 0 Å². The largest absolute Gasteiger partial charge is 0.351 e. The van der Waals surface area contributed by atoms with Crippen LogP contribution in [0.4, 0.5) is 0 Å². The number of hydrogen-bond acceptors (Lipinski definition) is 2. The van der Waals surface area contributed by atoms with Crippen LogP contribution in [-0.2, 0) is 4.79 Å². The zero-order valence-corrected chi connectivity index (χ0v) is 10.2. The van der Waals surface area contributed by atoms with Crippen LogP contribution in [0.5, 0.6) is 0 Å². The Balaban J connectivity index is 2.33. The highest BCUT2D eigenvalue weighted by atomic mass is 16.1. The predicted molar refractivity (Wildman–Crippen MR) is 62.4 cm³/mol. The van der Waals surface area contributed by atoms with Crippen molar-refractivity contribution in [3.8, 4) is 0 Å². The molecule has 15 heavy (non-hydrogen) atoms. The summed E-state index contributed by atoms with van der Waals surface area (Å²) < 4.78 is 0. The Morgan fingerprint density at radius 3 is 2.40 bits per heavy atom. The van der Waals surface area contributed by atoms with Gasteiger partial charge < -0.3 is 11.1 Å². The van der Waals surface area contributed by atoms with Crippen LogP contribution in [0.1, 0.15) is 52.9 Å². The summed E-state index contributed by atoms with van der Waals surface area (Å²) in [6.45, 7) is 6.29. The molecule has 0 heterocycles. The third-order valence-electron chi connectivity index (χ3n) is 3.65. The lowest BCUT2D eigenvalue weighted by molar-refractivity contribution is -0.123. The molecule has 0 spiro atoms. The third-order valence-corrected chi connectivity index (χ3v) is 3.65. The molecular formula is C12H24N2O. The molecular weight excluding hydrogens is 188 g/mol. The van der Waals surface area contributed by atoms with E-state index in [1.807, 2.05) is 0 Å². The Morgan fingerprint density at radius 1 is 1.47 bits per heavy atom. The minimum absolute atomic E-state index is 0.0552. The van der Waals surface area contributed by atoms with Gasteiger partial charge >= 0.3 is 0 Å². The van der Waals surface area contributed by atoms with E-state index in [2.05, 4.69) is 26.1 Å². The lowest BCUT2D eigenvalue weighted by Gasteiger charge is -2.28. The van der Waals surface area contributed by atoms with Crippen molar-refractivity contribution in [3.63, 3.8) is 0 Å². The SMILES string of the molecule is CCC(C)(CC)NC(=O)CC(N)C1CC1. The molecule has 1 fully saturated rings. The summed E-state index contributed by atoms with van der Waals surface area (Å²) >= 11 is 0. The van der Waals surface area contributed by atoms with Crippen LogP contribution in [0, 0.1) is 5.92 Å². The van der Waals surface area contributed by atoms with Gasteiger partial charge in [0.15, 0.2) is 0 Å². The van der Waals surface area contributed by atoms with Crippen molar-refractivity contribution >= 4 is 5.91 Å². The normalized spacial score (nSPS) is 18.7. The number of rotatable bonds is 6. The molecule has 1 atom stereocenters. The predicted octanol–water partition coefficient (Wildman–Crippen LogP) is 1.81. The van der Waals surface area contributed by atoms with Gasteiger partial charge in [0.05, 0.1) is 0 Å². The Morgan fingerprint density at radius 2 is 2.00 bits per heavy atom. The molecule has 1 aliphatic rings. The first-order chi connectivity index (χ1) is 7.00. The van der Waals surface area contributed by atoms with Crippen molar-refractivity contribution in [2.45, 2.75) is 64.5 Å². The fourth-order valence-electron chi connectivity index (χ4n) is 1.72. The monoisotopic (exact) mass is 212 g/mol. The first-order valence-electron chi connectivity index (χ1n) is 6.07. The molecule has 0 saturated heterocycles. The van der Waals surface area contributed by atoms with E-state index in [9.17, 15) is 4.79 Å². The quantitative estimate of drug-likeness (QED) is 0.705. The molecule has 0 aromatic heterocycles. The standard InChI is InChI=1S/C12H24N2O/c1-4-12(3,5-2)14-11(15)8-10(13)9-6-7-9/h9-10H,4-8,13H2,1-3H3,(H,14,15). The molecule has 0 bridgehead atoms. The fourth-order valence-corrected chi connectivity index (χ4v) is 1.72. The molecule has 0 aliphatic heterocycles. The van der Waals surface area contributed by atoms with E-state index in [0.29, 0.717) is 12.3 Å². The lowest BCUT2D eigenvalue weighted by Crippen LogP contribution is -2.46. The molecule has 0 aromatic rings. The molecule has 3 heteroatoms. The Kier molecular flexibility index (Phi) is 4.14. The van der Waals surface area contributed by atoms with Crippen molar-refractivity contribution in [3.05, 3.63) is 0 Å². The summed E-state index contributed by atoms with van der Waals surface area (Å²) in [7, 11) is 0. The van der Waals surface area contributed by atoms with Crippen LogP contribution in [0.2, 0.25) is 0 Å². The number of carbonyl (C=O) groups is 1. The van der Waals surface area contributed by atoms with Crippen LogP contribution < -0.4 is 11.1 Å². The number of carbonyl (C=O) groups excluding carboxylic acids is 1. The van der Waals surface area contributed by atoms with Crippen LogP contribution in [0.3, 0.4) is 0 Å². The summed E-state index contributed by atoms with van der Waals surface area (Å²) in [5.41, 5.74) is 5.87. The average Bonchev–Trinajstić information content (AvgIpc) is 3.00. The Bertz CT molecular complexity index is 220. The minimum atomic E-state index is -0.0552. The van der Waals surface area contributed by atoms with Gasteiger partial charge in [-0.15, -0.1) is 0 Å². The van der Waals surface area contributed by atoms with E-state index in [1.54, 1.807) is 0 Å². The minimum Gasteiger partial charge on any atom is -0.351 e. The maximum Gasteiger partial charge on any atom is 0.221 e. The average molecular weight is 212 g/mol. The van der Waals surface area contributed by atoms with Gasteiger partial charge in [-0.25, -0.2) is 0 Å². The first-order valence-corrected chi connectivity index (χ1v) is 6.07. The molecule has 1 unspecified atom stereocenters. The van der Waals surface area contributed by atoms with Crippen LogP contribution in [0.15, 0.2) is 0 Å². The zero-order chi connectivity index (χ0) is 11.5. The summed E-state index contributed by atoms with van der Waals surface area (Å²) in [6, 6.07) is 0.0722. The molecule has 1 aliphatic carbocycles. The highest BCUT2D eigenvalue weighted by Crippen LogP contribution is 2.32. The number of amides is 1. The summed E-state index contributed by atoms with van der Waals surface area (Å²) in [5, 5.41) is 3.09.